The molecular formula is C20H25NO4S3. The van der Waals surface area contributed by atoms with Crippen molar-refractivity contribution < 1.29 is 19.5 Å². The number of benzene rings is 1. The van der Waals surface area contributed by atoms with E-state index in [1.165, 1.54) is 23.5 Å². The van der Waals surface area contributed by atoms with Gasteiger partial charge in [0.25, 0.3) is 0 Å². The summed E-state index contributed by atoms with van der Waals surface area (Å²) >= 11 is 9.62. The van der Waals surface area contributed by atoms with Crippen molar-refractivity contribution in [2.24, 2.45) is 17.8 Å². The fourth-order valence-electron chi connectivity index (χ4n) is 3.59. The maximum atomic E-state index is 12.9. The highest BCUT2D eigenvalue weighted by atomic mass is 32.1. The molecule has 0 aliphatic carbocycles. The number of rotatable bonds is 9. The van der Waals surface area contributed by atoms with Crippen molar-refractivity contribution in [2.45, 2.75) is 46.0 Å². The van der Waals surface area contributed by atoms with Gasteiger partial charge in [-0.3, -0.25) is 9.59 Å². The van der Waals surface area contributed by atoms with E-state index in [9.17, 15) is 19.5 Å². The van der Waals surface area contributed by atoms with Gasteiger partial charge in [0.2, 0.25) is 0 Å². The van der Waals surface area contributed by atoms with Gasteiger partial charge in [0.05, 0.1) is 15.8 Å². The van der Waals surface area contributed by atoms with Crippen molar-refractivity contribution in [3.63, 3.8) is 0 Å². The Balaban J connectivity index is 2.76. The summed E-state index contributed by atoms with van der Waals surface area (Å²) in [6.07, 6.45) is 0.891. The molecule has 2 rings (SSSR count). The normalized spacial score (nSPS) is 15.0. The van der Waals surface area contributed by atoms with Crippen molar-refractivity contribution in [2.75, 3.05) is 0 Å². The van der Waals surface area contributed by atoms with Crippen LogP contribution in [-0.2, 0) is 15.0 Å². The van der Waals surface area contributed by atoms with E-state index in [2.05, 4.69) is 30.2 Å². The molecule has 0 aliphatic rings. The zero-order chi connectivity index (χ0) is 21.2. The number of carbonyl (C=O) groups excluding carboxylic acids is 2. The number of carboxylic acid groups (broad SMARTS) is 1. The number of aromatic carboxylic acids is 1. The fraction of sp³-hybridized carbons (Fsp3) is 0.500. The van der Waals surface area contributed by atoms with Gasteiger partial charge in [0, 0.05) is 5.92 Å². The summed E-state index contributed by atoms with van der Waals surface area (Å²) in [5.74, 6) is -1.42. The first-order valence-electron chi connectivity index (χ1n) is 9.09. The van der Waals surface area contributed by atoms with Crippen LogP contribution in [0.4, 0.5) is 0 Å². The number of nitrogens with zero attached hydrogens (tertiary/aromatic N) is 1. The van der Waals surface area contributed by atoms with Crippen LogP contribution >= 0.6 is 36.6 Å². The predicted octanol–water partition coefficient (Wildman–Crippen LogP) is 4.85. The van der Waals surface area contributed by atoms with Crippen molar-refractivity contribution >= 4 is 63.0 Å². The first kappa shape index (κ1) is 22.9. The molecule has 0 bridgehead atoms. The quantitative estimate of drug-likeness (QED) is 0.486. The van der Waals surface area contributed by atoms with Crippen LogP contribution in [0.5, 0.6) is 0 Å². The Labute approximate surface area is 179 Å². The Hall–Kier alpha value is -1.38. The van der Waals surface area contributed by atoms with E-state index in [1.807, 2.05) is 27.7 Å². The van der Waals surface area contributed by atoms with E-state index >= 15 is 0 Å². The number of hydrogen-bond acceptors (Lipinski definition) is 5. The molecule has 0 radical (unpaired) electrons. The minimum absolute atomic E-state index is 0.111. The van der Waals surface area contributed by atoms with Gasteiger partial charge in [-0.05, 0) is 42.9 Å². The van der Waals surface area contributed by atoms with Crippen molar-refractivity contribution in [3.8, 4) is 0 Å². The molecule has 0 amide bonds. The summed E-state index contributed by atoms with van der Waals surface area (Å²) in [6.45, 7) is 7.95. The number of carboxylic acids is 1. The van der Waals surface area contributed by atoms with Gasteiger partial charge < -0.3 is 5.11 Å². The van der Waals surface area contributed by atoms with Crippen LogP contribution < -0.4 is 0 Å². The number of carbonyl (C=O) groups is 3. The van der Waals surface area contributed by atoms with Gasteiger partial charge >= 0.3 is 5.97 Å². The lowest BCUT2D eigenvalue weighted by molar-refractivity contribution is -0.126. The molecular weight excluding hydrogens is 414 g/mol. The first-order chi connectivity index (χ1) is 13.0. The van der Waals surface area contributed by atoms with E-state index < -0.39 is 22.4 Å². The van der Waals surface area contributed by atoms with Crippen LogP contribution in [-0.4, -0.2) is 26.3 Å². The minimum Gasteiger partial charge on any atom is -0.478 e. The molecule has 1 heterocycles. The van der Waals surface area contributed by atoms with Gasteiger partial charge in [-0.25, -0.2) is 9.78 Å². The zero-order valence-corrected chi connectivity index (χ0v) is 18.9. The number of thiol groups is 2. The third-order valence-corrected chi connectivity index (χ3v) is 6.65. The second-order valence-corrected chi connectivity index (χ2v) is 9.78. The standard InChI is InChI=1S/C20H25NO4S3/c1-10(2)7-13(17(24)26)20(19(25)27,9-11(3)4)18-21-14-8-12(16(22)23)5-6-15(14)28-18/h5-6,8,10-11,13H,7,9H2,1-4H3,(H,22,23)(H,24,26)(H,25,27). The van der Waals surface area contributed by atoms with Gasteiger partial charge in [-0.15, -0.1) is 36.6 Å². The summed E-state index contributed by atoms with van der Waals surface area (Å²) in [4.78, 5) is 41.3. The Morgan fingerprint density at radius 1 is 1.14 bits per heavy atom. The summed E-state index contributed by atoms with van der Waals surface area (Å²) < 4.78 is 0.762. The zero-order valence-electron chi connectivity index (χ0n) is 16.3. The SMILES string of the molecule is CC(C)CC(C(=O)S)C(CC(C)C)(C(=O)S)c1nc2cc(C(=O)O)ccc2s1. The van der Waals surface area contributed by atoms with E-state index in [4.69, 9.17) is 0 Å². The molecule has 152 valence electrons. The summed E-state index contributed by atoms with van der Waals surface area (Å²) in [6, 6.07) is 4.68. The number of hydrogen-bond donors (Lipinski definition) is 3. The second-order valence-electron chi connectivity index (χ2n) is 7.90. The van der Waals surface area contributed by atoms with Crippen molar-refractivity contribution in [1.29, 1.82) is 0 Å². The number of thiazole rings is 1. The topological polar surface area (TPSA) is 84.3 Å². The number of fused-ring (bicyclic) bond motifs is 1. The maximum Gasteiger partial charge on any atom is 0.335 e. The predicted molar refractivity (Wildman–Crippen MR) is 119 cm³/mol. The van der Waals surface area contributed by atoms with Crippen LogP contribution in [0.15, 0.2) is 18.2 Å². The Kier molecular flexibility index (Phi) is 7.33. The van der Waals surface area contributed by atoms with E-state index in [0.29, 0.717) is 23.4 Å². The average molecular weight is 440 g/mol. The van der Waals surface area contributed by atoms with Crippen LogP contribution in [0.25, 0.3) is 10.2 Å². The van der Waals surface area contributed by atoms with Crippen LogP contribution in [0.2, 0.25) is 0 Å². The molecule has 0 saturated carbocycles. The molecule has 2 aromatic rings. The highest BCUT2D eigenvalue weighted by Crippen LogP contribution is 2.46. The average Bonchev–Trinajstić information content (AvgIpc) is 3.00. The summed E-state index contributed by atoms with van der Waals surface area (Å²) in [7, 11) is 0. The van der Waals surface area contributed by atoms with E-state index in [-0.39, 0.29) is 22.5 Å². The molecule has 1 aromatic carbocycles. The lowest BCUT2D eigenvalue weighted by atomic mass is 9.69. The Bertz CT molecular complexity index is 906. The third-order valence-electron chi connectivity index (χ3n) is 4.73. The largest absolute Gasteiger partial charge is 0.478 e. The second kappa shape index (κ2) is 8.97. The molecule has 1 N–H and O–H groups in total. The van der Waals surface area contributed by atoms with Crippen molar-refractivity contribution in [3.05, 3.63) is 28.8 Å². The number of aromatic nitrogens is 1. The monoisotopic (exact) mass is 439 g/mol. The van der Waals surface area contributed by atoms with Crippen LogP contribution in [0, 0.1) is 17.8 Å². The Morgan fingerprint density at radius 3 is 2.25 bits per heavy atom. The fourth-order valence-corrected chi connectivity index (χ4v) is 5.54. The summed E-state index contributed by atoms with van der Waals surface area (Å²) in [5.41, 5.74) is -0.578. The molecule has 0 aliphatic heterocycles. The van der Waals surface area contributed by atoms with Gasteiger partial charge in [0.15, 0.2) is 10.2 Å². The van der Waals surface area contributed by atoms with Gasteiger partial charge in [0.1, 0.15) is 10.4 Å². The van der Waals surface area contributed by atoms with Gasteiger partial charge in [-0.2, -0.15) is 0 Å². The van der Waals surface area contributed by atoms with Crippen molar-refractivity contribution in [1.82, 2.24) is 4.98 Å². The molecule has 0 spiro atoms. The molecule has 8 heteroatoms. The maximum absolute atomic E-state index is 12.9. The highest BCUT2D eigenvalue weighted by Gasteiger charge is 2.50. The summed E-state index contributed by atoms with van der Waals surface area (Å²) in [5, 5.41) is 8.96. The van der Waals surface area contributed by atoms with E-state index in [0.717, 1.165) is 4.70 Å². The third kappa shape index (κ3) is 4.60. The molecule has 2 atom stereocenters. The molecule has 0 saturated heterocycles. The minimum atomic E-state index is -1.20. The molecule has 5 nitrogen and oxygen atoms in total. The molecule has 28 heavy (non-hydrogen) atoms. The lowest BCUT2D eigenvalue weighted by Gasteiger charge is -2.37. The van der Waals surface area contributed by atoms with Gasteiger partial charge in [-0.1, -0.05) is 27.7 Å². The lowest BCUT2D eigenvalue weighted by Crippen LogP contribution is -2.45. The highest BCUT2D eigenvalue weighted by molar-refractivity contribution is 7.97. The van der Waals surface area contributed by atoms with Crippen LogP contribution in [0.1, 0.15) is 55.9 Å². The van der Waals surface area contributed by atoms with E-state index in [1.54, 1.807) is 6.07 Å². The van der Waals surface area contributed by atoms with Crippen LogP contribution in [0.3, 0.4) is 0 Å². The molecule has 1 aromatic heterocycles. The Morgan fingerprint density at radius 2 is 1.79 bits per heavy atom. The molecule has 0 fully saturated rings. The smallest absolute Gasteiger partial charge is 0.335 e. The molecule has 2 unspecified atom stereocenters. The first-order valence-corrected chi connectivity index (χ1v) is 10.8.